The van der Waals surface area contributed by atoms with Crippen molar-refractivity contribution in [1.29, 1.82) is 0 Å². The van der Waals surface area contributed by atoms with E-state index in [0.717, 1.165) is 18.9 Å². The van der Waals surface area contributed by atoms with Gasteiger partial charge in [-0.1, -0.05) is 12.5 Å². The van der Waals surface area contributed by atoms with Gasteiger partial charge in [-0.3, -0.25) is 4.79 Å². The molecule has 10 heteroatoms. The largest absolute Gasteiger partial charge is 0.491 e. The highest BCUT2D eigenvalue weighted by Crippen LogP contribution is 2.25. The Balaban J connectivity index is 2.85. The number of nitrogens with two attached hydrogens (primary N) is 1. The molecule has 156 valence electrons. The maximum atomic E-state index is 12.5. The van der Waals surface area contributed by atoms with Crippen molar-refractivity contribution in [3.05, 3.63) is 29.3 Å². The maximum absolute atomic E-state index is 12.5. The Morgan fingerprint density at radius 1 is 1.14 bits per heavy atom. The van der Waals surface area contributed by atoms with Crippen LogP contribution in [0.5, 0.6) is 5.75 Å². The lowest BCUT2D eigenvalue weighted by Gasteiger charge is -2.13. The van der Waals surface area contributed by atoms with Gasteiger partial charge < -0.3 is 20.5 Å². The second kappa shape index (κ2) is 11.3. The Bertz CT molecular complexity index is 692. The van der Waals surface area contributed by atoms with Crippen LogP contribution in [-0.2, 0) is 20.9 Å². The molecule has 3 N–H and O–H groups in total. The molecular weight excluding hydrogens is 381 g/mol. The van der Waals surface area contributed by atoms with Crippen molar-refractivity contribution in [2.45, 2.75) is 45.3 Å². The lowest BCUT2D eigenvalue weighted by molar-refractivity contribution is -0.189. The number of ether oxygens (including phenoxy) is 2. The molecule has 0 saturated carbocycles. The van der Waals surface area contributed by atoms with Gasteiger partial charge in [0.1, 0.15) is 11.3 Å². The quantitative estimate of drug-likeness (QED) is 0.352. The van der Waals surface area contributed by atoms with Gasteiger partial charge in [-0.2, -0.15) is 13.2 Å². The van der Waals surface area contributed by atoms with Crippen LogP contribution in [0.4, 0.5) is 13.2 Å². The number of amides is 1. The van der Waals surface area contributed by atoms with Gasteiger partial charge in [-0.25, -0.2) is 9.59 Å². The summed E-state index contributed by atoms with van der Waals surface area (Å²) in [6, 6.07) is 3.69. The van der Waals surface area contributed by atoms with Crippen LogP contribution in [0.15, 0.2) is 18.2 Å². The topological polar surface area (TPSA) is 108 Å². The number of hydrogen-bond acceptors (Lipinski definition) is 6. The monoisotopic (exact) mass is 404 g/mol. The molecular formula is C18H23F3N2O5. The molecule has 0 radical (unpaired) electrons. The molecule has 0 bridgehead atoms. The summed E-state index contributed by atoms with van der Waals surface area (Å²) in [6.45, 7) is 2.06. The molecule has 0 spiro atoms. The van der Waals surface area contributed by atoms with Crippen LogP contribution < -0.4 is 15.8 Å². The second-order valence-corrected chi connectivity index (χ2v) is 5.81. The highest BCUT2D eigenvalue weighted by atomic mass is 19.4. The van der Waals surface area contributed by atoms with Crippen LogP contribution in [0.1, 0.15) is 48.5 Å². The van der Waals surface area contributed by atoms with Crippen LogP contribution >= 0.6 is 0 Å². The van der Waals surface area contributed by atoms with Crippen molar-refractivity contribution in [1.82, 2.24) is 5.32 Å². The molecule has 0 atom stereocenters. The summed E-state index contributed by atoms with van der Waals surface area (Å²) in [5.41, 5.74) is 5.40. The zero-order valence-electron chi connectivity index (χ0n) is 15.4. The lowest BCUT2D eigenvalue weighted by atomic mass is 10.1. The summed E-state index contributed by atoms with van der Waals surface area (Å²) in [5, 5.41) is 2.61. The summed E-state index contributed by atoms with van der Waals surface area (Å²) in [5.74, 6) is -4.21. The van der Waals surface area contributed by atoms with Gasteiger partial charge in [0, 0.05) is 13.0 Å². The molecule has 0 unspecified atom stereocenters. The van der Waals surface area contributed by atoms with E-state index in [4.69, 9.17) is 10.5 Å². The fourth-order valence-corrected chi connectivity index (χ4v) is 2.19. The minimum Gasteiger partial charge on any atom is -0.462 e. The summed E-state index contributed by atoms with van der Waals surface area (Å²) in [7, 11) is 0. The number of halogens is 3. The van der Waals surface area contributed by atoms with Crippen molar-refractivity contribution in [3.8, 4) is 5.75 Å². The number of esters is 2. The van der Waals surface area contributed by atoms with E-state index in [1.807, 2.05) is 0 Å². The first-order valence-corrected chi connectivity index (χ1v) is 8.74. The molecule has 1 amide bonds. The smallest absolute Gasteiger partial charge is 0.462 e. The molecule has 0 aliphatic carbocycles. The van der Waals surface area contributed by atoms with Crippen LogP contribution in [0.25, 0.3) is 0 Å². The molecule has 0 saturated heterocycles. The van der Waals surface area contributed by atoms with Crippen LogP contribution in [0, 0.1) is 0 Å². The zero-order valence-corrected chi connectivity index (χ0v) is 15.4. The Morgan fingerprint density at radius 2 is 1.86 bits per heavy atom. The summed E-state index contributed by atoms with van der Waals surface area (Å²) >= 11 is 0. The molecule has 0 aliphatic rings. The van der Waals surface area contributed by atoms with Crippen molar-refractivity contribution >= 4 is 17.8 Å². The number of carbonyl (C=O) groups excluding carboxylic acids is 3. The third kappa shape index (κ3) is 7.95. The SMILES string of the molecule is CCOC(=O)c1ccc(CNC(=O)CCCCCN)cc1OC(=O)C(F)(F)F. The van der Waals surface area contributed by atoms with E-state index >= 15 is 0 Å². The Hall–Kier alpha value is -2.62. The minimum atomic E-state index is -5.22. The molecule has 1 aromatic carbocycles. The first kappa shape index (κ1) is 23.4. The van der Waals surface area contributed by atoms with Gasteiger partial charge in [0.05, 0.1) is 6.61 Å². The van der Waals surface area contributed by atoms with Gasteiger partial charge in [0.25, 0.3) is 0 Å². The molecule has 0 heterocycles. The number of hydrogen-bond donors (Lipinski definition) is 2. The van der Waals surface area contributed by atoms with Crippen LogP contribution in [-0.4, -0.2) is 37.2 Å². The molecule has 1 rings (SSSR count). The third-order valence-corrected chi connectivity index (χ3v) is 3.57. The molecule has 7 nitrogen and oxygen atoms in total. The second-order valence-electron chi connectivity index (χ2n) is 5.81. The number of nitrogens with one attached hydrogen (secondary N) is 1. The molecule has 0 fully saturated rings. The number of carbonyl (C=O) groups is 3. The number of rotatable bonds is 10. The number of benzene rings is 1. The normalized spacial score (nSPS) is 11.0. The highest BCUT2D eigenvalue weighted by Gasteiger charge is 2.42. The average Bonchev–Trinajstić information content (AvgIpc) is 2.63. The van der Waals surface area contributed by atoms with Crippen molar-refractivity contribution in [2.75, 3.05) is 13.2 Å². The first-order chi connectivity index (χ1) is 13.2. The number of unbranched alkanes of at least 4 members (excludes halogenated alkanes) is 2. The molecule has 1 aromatic rings. The van der Waals surface area contributed by atoms with Gasteiger partial charge in [-0.15, -0.1) is 0 Å². The van der Waals surface area contributed by atoms with E-state index in [0.29, 0.717) is 18.5 Å². The van der Waals surface area contributed by atoms with Crippen LogP contribution in [0.3, 0.4) is 0 Å². The predicted octanol–water partition coefficient (Wildman–Crippen LogP) is 2.47. The lowest BCUT2D eigenvalue weighted by Crippen LogP contribution is -2.29. The summed E-state index contributed by atoms with van der Waals surface area (Å²) in [6.07, 6.45) is -2.64. The Morgan fingerprint density at radius 3 is 2.46 bits per heavy atom. The van der Waals surface area contributed by atoms with Gasteiger partial charge in [0.2, 0.25) is 5.91 Å². The van der Waals surface area contributed by atoms with Gasteiger partial charge >= 0.3 is 18.1 Å². The van der Waals surface area contributed by atoms with Crippen molar-refractivity contribution in [2.24, 2.45) is 5.73 Å². The van der Waals surface area contributed by atoms with Gasteiger partial charge in [-0.05, 0) is 44.0 Å². The van der Waals surface area contributed by atoms with E-state index in [-0.39, 0.29) is 31.0 Å². The Kier molecular flexibility index (Phi) is 9.43. The highest BCUT2D eigenvalue weighted by molar-refractivity contribution is 5.94. The molecule has 0 aromatic heterocycles. The van der Waals surface area contributed by atoms with Crippen LogP contribution in [0.2, 0.25) is 0 Å². The fourth-order valence-electron chi connectivity index (χ4n) is 2.19. The maximum Gasteiger partial charge on any atom is 0.491 e. The zero-order chi connectivity index (χ0) is 21.2. The molecule has 28 heavy (non-hydrogen) atoms. The van der Waals surface area contributed by atoms with E-state index in [9.17, 15) is 27.6 Å². The fraction of sp³-hybridized carbons (Fsp3) is 0.500. The van der Waals surface area contributed by atoms with E-state index in [1.165, 1.54) is 19.1 Å². The minimum absolute atomic E-state index is 0.00457. The summed E-state index contributed by atoms with van der Waals surface area (Å²) in [4.78, 5) is 34.8. The predicted molar refractivity (Wildman–Crippen MR) is 93.5 cm³/mol. The first-order valence-electron chi connectivity index (χ1n) is 8.74. The Labute approximate surface area is 160 Å². The number of alkyl halides is 3. The van der Waals surface area contributed by atoms with E-state index in [1.54, 1.807) is 0 Å². The average molecular weight is 404 g/mol. The van der Waals surface area contributed by atoms with Crippen molar-refractivity contribution in [3.63, 3.8) is 0 Å². The standard InChI is InChI=1S/C18H23F3N2O5/c1-2-27-16(25)13-8-7-12(10-14(13)28-17(26)18(19,20)21)11-23-15(24)6-4-3-5-9-22/h7-8,10H,2-6,9,11,22H2,1H3,(H,23,24). The van der Waals surface area contributed by atoms with Crippen molar-refractivity contribution < 1.29 is 37.0 Å². The summed E-state index contributed by atoms with van der Waals surface area (Å²) < 4.78 is 46.5. The van der Waals surface area contributed by atoms with E-state index in [2.05, 4.69) is 10.1 Å². The third-order valence-electron chi connectivity index (χ3n) is 3.57. The molecule has 0 aliphatic heterocycles. The van der Waals surface area contributed by atoms with Gasteiger partial charge in [0.15, 0.2) is 0 Å². The van der Waals surface area contributed by atoms with E-state index < -0.39 is 23.9 Å².